The fourth-order valence-corrected chi connectivity index (χ4v) is 4.92. The van der Waals surface area contributed by atoms with Gasteiger partial charge >= 0.3 is 0 Å². The molecule has 0 radical (unpaired) electrons. The molecule has 0 spiro atoms. The van der Waals surface area contributed by atoms with E-state index in [-0.39, 0.29) is 18.4 Å². The van der Waals surface area contributed by atoms with Crippen LogP contribution in [0.3, 0.4) is 0 Å². The van der Waals surface area contributed by atoms with Crippen LogP contribution in [-0.4, -0.2) is 50.5 Å². The number of nitrogens with zero attached hydrogens (tertiary/aromatic N) is 2. The van der Waals surface area contributed by atoms with Crippen molar-refractivity contribution < 1.29 is 18.0 Å². The number of hydrogen-bond donors (Lipinski definition) is 1. The molecule has 1 unspecified atom stereocenters. The third kappa shape index (κ3) is 6.85. The van der Waals surface area contributed by atoms with Crippen LogP contribution in [0.2, 0.25) is 0 Å². The van der Waals surface area contributed by atoms with Gasteiger partial charge < -0.3 is 10.2 Å². The first-order chi connectivity index (χ1) is 17.0. The third-order valence-electron chi connectivity index (χ3n) is 6.00. The van der Waals surface area contributed by atoms with Crippen LogP contribution in [0.4, 0.5) is 5.69 Å². The Labute approximate surface area is 214 Å². The highest BCUT2D eigenvalue weighted by Gasteiger charge is 2.30. The average Bonchev–Trinajstić information content (AvgIpc) is 2.83. The zero-order chi connectivity index (χ0) is 26.5. The van der Waals surface area contributed by atoms with E-state index in [9.17, 15) is 18.0 Å². The van der Waals surface area contributed by atoms with Crippen LogP contribution < -0.4 is 9.62 Å². The quantitative estimate of drug-likeness (QED) is 0.446. The molecule has 0 fully saturated rings. The maximum Gasteiger partial charge on any atom is 0.244 e. The van der Waals surface area contributed by atoms with Gasteiger partial charge in [0.1, 0.15) is 12.6 Å². The summed E-state index contributed by atoms with van der Waals surface area (Å²) in [6.07, 6.45) is 1.09. The number of benzene rings is 3. The summed E-state index contributed by atoms with van der Waals surface area (Å²) in [5.41, 5.74) is 2.32. The molecule has 3 aromatic carbocycles. The summed E-state index contributed by atoms with van der Waals surface area (Å²) in [4.78, 5) is 28.1. The van der Waals surface area contributed by atoms with Crippen molar-refractivity contribution in [1.29, 1.82) is 0 Å². The number of carbonyl (C=O) groups excluding carboxylic acids is 2. The highest BCUT2D eigenvalue weighted by atomic mass is 32.2. The Morgan fingerprint density at radius 1 is 0.944 bits per heavy atom. The Balaban J connectivity index is 1.97. The molecule has 0 aliphatic carbocycles. The Bertz CT molecular complexity index is 1330. The maximum atomic E-state index is 13.7. The predicted molar refractivity (Wildman–Crippen MR) is 145 cm³/mol. The smallest absolute Gasteiger partial charge is 0.244 e. The molecule has 192 valence electrons. The van der Waals surface area contributed by atoms with Crippen LogP contribution in [0, 0.1) is 12.8 Å². The van der Waals surface area contributed by atoms with Gasteiger partial charge in [0.05, 0.1) is 11.9 Å². The normalized spacial score (nSPS) is 12.4. The van der Waals surface area contributed by atoms with Crippen molar-refractivity contribution in [3.8, 4) is 0 Å². The first-order valence-corrected chi connectivity index (χ1v) is 13.9. The van der Waals surface area contributed by atoms with Crippen molar-refractivity contribution in [2.24, 2.45) is 5.92 Å². The molecular weight excluding hydrogens is 474 g/mol. The molecule has 0 saturated heterocycles. The van der Waals surface area contributed by atoms with E-state index in [0.29, 0.717) is 12.2 Å². The van der Waals surface area contributed by atoms with E-state index in [1.165, 1.54) is 4.90 Å². The van der Waals surface area contributed by atoms with Crippen molar-refractivity contribution in [1.82, 2.24) is 10.2 Å². The molecule has 2 amide bonds. The zero-order valence-corrected chi connectivity index (χ0v) is 22.4. The number of amides is 2. The van der Waals surface area contributed by atoms with Gasteiger partial charge in [-0.15, -0.1) is 0 Å². The van der Waals surface area contributed by atoms with Crippen LogP contribution in [0.5, 0.6) is 0 Å². The molecule has 7 nitrogen and oxygen atoms in total. The molecule has 0 aromatic heterocycles. The van der Waals surface area contributed by atoms with E-state index in [0.717, 1.165) is 32.5 Å². The Morgan fingerprint density at radius 3 is 2.28 bits per heavy atom. The Morgan fingerprint density at radius 2 is 1.61 bits per heavy atom. The third-order valence-corrected chi connectivity index (χ3v) is 7.13. The van der Waals surface area contributed by atoms with Gasteiger partial charge in [-0.1, -0.05) is 80.1 Å². The van der Waals surface area contributed by atoms with Gasteiger partial charge in [-0.25, -0.2) is 8.42 Å². The van der Waals surface area contributed by atoms with Crippen LogP contribution in [-0.2, 0) is 26.2 Å². The summed E-state index contributed by atoms with van der Waals surface area (Å²) in [6, 6.07) is 19.7. The maximum absolute atomic E-state index is 13.7. The first-order valence-electron chi connectivity index (χ1n) is 12.1. The molecule has 0 saturated carbocycles. The van der Waals surface area contributed by atoms with E-state index < -0.39 is 28.5 Å². The topological polar surface area (TPSA) is 86.8 Å². The van der Waals surface area contributed by atoms with E-state index in [1.807, 2.05) is 75.4 Å². The van der Waals surface area contributed by atoms with Gasteiger partial charge in [0.25, 0.3) is 0 Å². The molecule has 3 rings (SSSR count). The SMILES string of the molecule is Cc1cccc(CN(C(=O)CN(c2cccc3ccccc23)S(C)(=O)=O)C(C)C(=O)NCC(C)C)c1. The minimum atomic E-state index is -3.80. The van der Waals surface area contributed by atoms with Gasteiger partial charge in [-0.3, -0.25) is 13.9 Å². The van der Waals surface area contributed by atoms with Crippen molar-refractivity contribution in [3.05, 3.63) is 77.9 Å². The minimum absolute atomic E-state index is 0.184. The Hall–Kier alpha value is -3.39. The number of sulfonamides is 1. The fraction of sp³-hybridized carbons (Fsp3) is 0.357. The van der Waals surface area contributed by atoms with Crippen LogP contribution in [0.15, 0.2) is 66.7 Å². The standard InChI is InChI=1S/C28H35N3O4S/c1-20(2)17-29-28(33)22(4)30(18-23-11-8-10-21(3)16-23)27(32)19-31(36(5,34)35)26-15-9-13-24-12-6-7-14-25(24)26/h6-16,20,22H,17-19H2,1-5H3,(H,29,33). The first kappa shape index (κ1) is 27.2. The lowest BCUT2D eigenvalue weighted by Gasteiger charge is -2.32. The van der Waals surface area contributed by atoms with Gasteiger partial charge in [0, 0.05) is 18.5 Å². The van der Waals surface area contributed by atoms with Gasteiger partial charge in [-0.2, -0.15) is 0 Å². The van der Waals surface area contributed by atoms with Crippen molar-refractivity contribution in [2.75, 3.05) is 23.7 Å². The van der Waals surface area contributed by atoms with E-state index >= 15 is 0 Å². The molecule has 0 heterocycles. The van der Waals surface area contributed by atoms with Gasteiger partial charge in [0.2, 0.25) is 21.8 Å². The molecule has 1 N–H and O–H groups in total. The molecule has 36 heavy (non-hydrogen) atoms. The molecule has 8 heteroatoms. The summed E-state index contributed by atoms with van der Waals surface area (Å²) in [5.74, 6) is -0.475. The van der Waals surface area contributed by atoms with E-state index in [1.54, 1.807) is 19.1 Å². The Kier molecular flexibility index (Phi) is 8.74. The van der Waals surface area contributed by atoms with Crippen molar-refractivity contribution in [3.63, 3.8) is 0 Å². The fourth-order valence-electron chi connectivity index (χ4n) is 4.06. The average molecular weight is 510 g/mol. The number of nitrogens with one attached hydrogen (secondary N) is 1. The number of carbonyl (C=O) groups is 2. The zero-order valence-electron chi connectivity index (χ0n) is 21.6. The molecular formula is C28H35N3O4S. The summed E-state index contributed by atoms with van der Waals surface area (Å²) < 4.78 is 26.9. The van der Waals surface area contributed by atoms with Crippen LogP contribution >= 0.6 is 0 Å². The number of hydrogen-bond acceptors (Lipinski definition) is 4. The lowest BCUT2D eigenvalue weighted by Crippen LogP contribution is -2.51. The number of rotatable bonds is 10. The molecule has 0 aliphatic rings. The summed E-state index contributed by atoms with van der Waals surface area (Å²) in [7, 11) is -3.80. The lowest BCUT2D eigenvalue weighted by molar-refractivity contribution is -0.139. The second kappa shape index (κ2) is 11.6. The largest absolute Gasteiger partial charge is 0.354 e. The van der Waals surface area contributed by atoms with E-state index in [4.69, 9.17) is 0 Å². The van der Waals surface area contributed by atoms with E-state index in [2.05, 4.69) is 5.32 Å². The van der Waals surface area contributed by atoms with Gasteiger partial charge in [-0.05, 0) is 36.8 Å². The second-order valence-corrected chi connectivity index (χ2v) is 11.5. The second-order valence-electron chi connectivity index (χ2n) is 9.59. The summed E-state index contributed by atoms with van der Waals surface area (Å²) in [6.45, 7) is 7.88. The summed E-state index contributed by atoms with van der Waals surface area (Å²) >= 11 is 0. The highest BCUT2D eigenvalue weighted by molar-refractivity contribution is 7.92. The predicted octanol–water partition coefficient (Wildman–Crippen LogP) is 4.10. The number of fused-ring (bicyclic) bond motifs is 1. The molecule has 0 bridgehead atoms. The summed E-state index contributed by atoms with van der Waals surface area (Å²) in [5, 5.41) is 4.49. The molecule has 1 atom stereocenters. The van der Waals surface area contributed by atoms with Crippen LogP contribution in [0.1, 0.15) is 31.9 Å². The number of anilines is 1. The monoisotopic (exact) mass is 509 g/mol. The van der Waals surface area contributed by atoms with Gasteiger partial charge in [0.15, 0.2) is 0 Å². The molecule has 0 aliphatic heterocycles. The number of aryl methyl sites for hydroxylation is 1. The minimum Gasteiger partial charge on any atom is -0.354 e. The van der Waals surface area contributed by atoms with Crippen molar-refractivity contribution >= 4 is 38.3 Å². The highest BCUT2D eigenvalue weighted by Crippen LogP contribution is 2.28. The molecule has 3 aromatic rings. The lowest BCUT2D eigenvalue weighted by atomic mass is 10.1. The van der Waals surface area contributed by atoms with Crippen molar-refractivity contribution in [2.45, 2.75) is 40.3 Å². The van der Waals surface area contributed by atoms with Crippen LogP contribution in [0.25, 0.3) is 10.8 Å².